The summed E-state index contributed by atoms with van der Waals surface area (Å²) in [5, 5.41) is 11.3. The van der Waals surface area contributed by atoms with E-state index in [2.05, 4.69) is 5.32 Å². The molecule has 1 aromatic rings. The highest BCUT2D eigenvalue weighted by Gasteiger charge is 2.48. The zero-order valence-corrected chi connectivity index (χ0v) is 13.2. The third-order valence-electron chi connectivity index (χ3n) is 4.10. The Morgan fingerprint density at radius 3 is 2.29 bits per heavy atom. The van der Waals surface area contributed by atoms with E-state index in [0.717, 1.165) is 17.0 Å². The van der Waals surface area contributed by atoms with Gasteiger partial charge in [0.2, 0.25) is 0 Å². The molecule has 0 aromatic heterocycles. The van der Waals surface area contributed by atoms with Crippen molar-refractivity contribution in [2.24, 2.45) is 0 Å². The number of hydrogen-bond donors (Lipinski definition) is 2. The van der Waals surface area contributed by atoms with E-state index in [-0.39, 0.29) is 13.2 Å². The van der Waals surface area contributed by atoms with Crippen LogP contribution in [0.5, 0.6) is 0 Å². The molecule has 1 aliphatic rings. The monoisotopic (exact) mass is 344 g/mol. The van der Waals surface area contributed by atoms with Gasteiger partial charge in [0, 0.05) is 13.2 Å². The Morgan fingerprint density at radius 1 is 1.12 bits per heavy atom. The van der Waals surface area contributed by atoms with Crippen LogP contribution in [-0.2, 0) is 16.5 Å². The largest absolute Gasteiger partial charge is 0.416 e. The average molecular weight is 344 g/mol. The maximum atomic E-state index is 12.6. The molecule has 0 radical (unpaired) electrons. The van der Waals surface area contributed by atoms with Crippen molar-refractivity contribution in [3.63, 3.8) is 0 Å². The van der Waals surface area contributed by atoms with Crippen molar-refractivity contribution < 1.29 is 27.9 Å². The number of benzene rings is 1. The van der Waals surface area contributed by atoms with E-state index in [9.17, 15) is 22.8 Å². The molecule has 8 heteroatoms. The molecule has 0 bridgehead atoms. The van der Waals surface area contributed by atoms with Crippen molar-refractivity contribution >= 4 is 11.9 Å². The first-order chi connectivity index (χ1) is 11.2. The fraction of sp³-hybridized carbons (Fsp3) is 0.500. The fourth-order valence-electron chi connectivity index (χ4n) is 2.65. The number of halogens is 3. The molecule has 3 amide bonds. The lowest BCUT2D eigenvalue weighted by molar-refractivity contribution is -0.137. The standard InChI is InChI=1S/C16H19F3N2O3/c1-15(11-5-7-12(8-6-11)16(17,18)19)13(23)21(14(24)20-15)9-3-2-4-10-22/h5-8,22H,2-4,9-10H2,1H3,(H,20,24). The summed E-state index contributed by atoms with van der Waals surface area (Å²) in [6, 6.07) is 3.63. The van der Waals surface area contributed by atoms with E-state index < -0.39 is 29.2 Å². The van der Waals surface area contributed by atoms with Gasteiger partial charge >= 0.3 is 12.2 Å². The molecule has 0 saturated carbocycles. The summed E-state index contributed by atoms with van der Waals surface area (Å²) in [5.74, 6) is -0.490. The van der Waals surface area contributed by atoms with Gasteiger partial charge in [0.15, 0.2) is 0 Å². The second-order valence-corrected chi connectivity index (χ2v) is 5.87. The molecular weight excluding hydrogens is 325 g/mol. The maximum Gasteiger partial charge on any atom is 0.416 e. The van der Waals surface area contributed by atoms with Gasteiger partial charge in [-0.3, -0.25) is 9.69 Å². The normalized spacial score (nSPS) is 21.3. The highest BCUT2D eigenvalue weighted by Crippen LogP contribution is 2.33. The molecule has 1 fully saturated rings. The number of hydrogen-bond acceptors (Lipinski definition) is 3. The van der Waals surface area contributed by atoms with Crippen LogP contribution in [0.15, 0.2) is 24.3 Å². The Morgan fingerprint density at radius 2 is 1.75 bits per heavy atom. The number of unbranched alkanes of at least 4 members (excludes halogenated alkanes) is 2. The lowest BCUT2D eigenvalue weighted by Gasteiger charge is -2.22. The minimum Gasteiger partial charge on any atom is -0.396 e. The lowest BCUT2D eigenvalue weighted by atomic mass is 9.91. The van der Waals surface area contributed by atoms with Crippen LogP contribution in [0.4, 0.5) is 18.0 Å². The molecule has 2 rings (SSSR count). The first-order valence-corrected chi connectivity index (χ1v) is 7.63. The van der Waals surface area contributed by atoms with Gasteiger partial charge in [-0.05, 0) is 43.9 Å². The Kier molecular flexibility index (Phi) is 5.17. The number of imide groups is 1. The van der Waals surface area contributed by atoms with Gasteiger partial charge in [0.25, 0.3) is 5.91 Å². The van der Waals surface area contributed by atoms with Crippen molar-refractivity contribution in [3.8, 4) is 0 Å². The summed E-state index contributed by atoms with van der Waals surface area (Å²) in [4.78, 5) is 25.6. The number of carbonyl (C=O) groups excluding carboxylic acids is 2. The van der Waals surface area contributed by atoms with Crippen LogP contribution in [0, 0.1) is 0 Å². The summed E-state index contributed by atoms with van der Waals surface area (Å²) in [7, 11) is 0. The van der Waals surface area contributed by atoms with Crippen LogP contribution < -0.4 is 5.32 Å². The predicted octanol–water partition coefficient (Wildman–Crippen LogP) is 2.64. The number of aliphatic hydroxyl groups excluding tert-OH is 1. The fourth-order valence-corrected chi connectivity index (χ4v) is 2.65. The van der Waals surface area contributed by atoms with Gasteiger partial charge < -0.3 is 10.4 Å². The van der Waals surface area contributed by atoms with E-state index >= 15 is 0 Å². The van der Waals surface area contributed by atoms with E-state index in [4.69, 9.17) is 5.11 Å². The molecule has 5 nitrogen and oxygen atoms in total. The molecular formula is C16H19F3N2O3. The van der Waals surface area contributed by atoms with Crippen molar-refractivity contribution in [2.45, 2.75) is 37.9 Å². The van der Waals surface area contributed by atoms with Crippen molar-refractivity contribution in [1.29, 1.82) is 0 Å². The predicted molar refractivity (Wildman–Crippen MR) is 80.0 cm³/mol. The number of carbonyl (C=O) groups is 2. The smallest absolute Gasteiger partial charge is 0.396 e. The summed E-state index contributed by atoms with van der Waals surface area (Å²) in [6.45, 7) is 1.73. The molecule has 0 aliphatic carbocycles. The summed E-state index contributed by atoms with van der Waals surface area (Å²) in [6.07, 6.45) is -2.64. The third kappa shape index (κ3) is 3.53. The molecule has 1 heterocycles. The van der Waals surface area contributed by atoms with E-state index in [0.29, 0.717) is 24.8 Å². The van der Waals surface area contributed by atoms with Gasteiger partial charge in [-0.1, -0.05) is 12.1 Å². The minimum atomic E-state index is -4.46. The number of amides is 3. The molecule has 1 saturated heterocycles. The second-order valence-electron chi connectivity index (χ2n) is 5.87. The minimum absolute atomic E-state index is 0.0451. The van der Waals surface area contributed by atoms with E-state index in [1.54, 1.807) is 0 Å². The number of urea groups is 1. The van der Waals surface area contributed by atoms with Crippen LogP contribution in [-0.4, -0.2) is 35.1 Å². The van der Waals surface area contributed by atoms with Crippen LogP contribution in [0.3, 0.4) is 0 Å². The average Bonchev–Trinajstić information content (AvgIpc) is 2.74. The van der Waals surface area contributed by atoms with Gasteiger partial charge in [0.05, 0.1) is 5.56 Å². The van der Waals surface area contributed by atoms with Crippen LogP contribution in [0.2, 0.25) is 0 Å². The molecule has 1 aliphatic heterocycles. The number of nitrogens with one attached hydrogen (secondary N) is 1. The Hall–Kier alpha value is -2.09. The Balaban J connectivity index is 2.15. The molecule has 0 spiro atoms. The topological polar surface area (TPSA) is 69.6 Å². The van der Waals surface area contributed by atoms with Crippen LogP contribution >= 0.6 is 0 Å². The van der Waals surface area contributed by atoms with Crippen molar-refractivity contribution in [1.82, 2.24) is 10.2 Å². The zero-order valence-electron chi connectivity index (χ0n) is 13.2. The molecule has 24 heavy (non-hydrogen) atoms. The van der Waals surface area contributed by atoms with Gasteiger partial charge in [0.1, 0.15) is 5.54 Å². The van der Waals surface area contributed by atoms with Gasteiger partial charge in [-0.25, -0.2) is 4.79 Å². The Bertz CT molecular complexity index is 616. The van der Waals surface area contributed by atoms with Crippen LogP contribution in [0.25, 0.3) is 0 Å². The number of alkyl halides is 3. The number of rotatable bonds is 6. The number of aliphatic hydroxyl groups is 1. The second kappa shape index (κ2) is 6.80. The highest BCUT2D eigenvalue weighted by atomic mass is 19.4. The van der Waals surface area contributed by atoms with Gasteiger partial charge in [-0.15, -0.1) is 0 Å². The summed E-state index contributed by atoms with van der Waals surface area (Å²) < 4.78 is 37.9. The third-order valence-corrected chi connectivity index (χ3v) is 4.10. The molecule has 2 N–H and O–H groups in total. The van der Waals surface area contributed by atoms with Crippen molar-refractivity contribution in [3.05, 3.63) is 35.4 Å². The van der Waals surface area contributed by atoms with Gasteiger partial charge in [-0.2, -0.15) is 13.2 Å². The van der Waals surface area contributed by atoms with Crippen LogP contribution in [0.1, 0.15) is 37.3 Å². The molecule has 132 valence electrons. The highest BCUT2D eigenvalue weighted by molar-refractivity contribution is 6.07. The Labute approximate surface area is 137 Å². The molecule has 1 aromatic carbocycles. The number of nitrogens with zero attached hydrogens (tertiary/aromatic N) is 1. The maximum absolute atomic E-state index is 12.6. The SMILES string of the molecule is CC1(c2ccc(C(F)(F)F)cc2)NC(=O)N(CCCCCO)C1=O. The summed E-state index contributed by atoms with van der Waals surface area (Å²) in [5.41, 5.74) is -1.89. The summed E-state index contributed by atoms with van der Waals surface area (Å²) >= 11 is 0. The lowest BCUT2D eigenvalue weighted by Crippen LogP contribution is -2.41. The zero-order chi connectivity index (χ0) is 18.0. The van der Waals surface area contributed by atoms with E-state index in [1.807, 2.05) is 0 Å². The van der Waals surface area contributed by atoms with Crippen molar-refractivity contribution in [2.75, 3.05) is 13.2 Å². The first-order valence-electron chi connectivity index (χ1n) is 7.63. The first kappa shape index (κ1) is 18.3. The quantitative estimate of drug-likeness (QED) is 0.616. The molecule has 1 unspecified atom stereocenters. The van der Waals surface area contributed by atoms with E-state index in [1.165, 1.54) is 19.1 Å². The molecule has 1 atom stereocenters.